The number of nitrogens with one attached hydrogen (secondary N) is 2. The number of nitrogens with two attached hydrogens (primary N) is 1. The van der Waals surface area contributed by atoms with Crippen molar-refractivity contribution >= 4 is 5.96 Å². The molecule has 0 heterocycles. The molecule has 0 aromatic heterocycles. The van der Waals surface area contributed by atoms with Gasteiger partial charge in [0.1, 0.15) is 12.4 Å². The first-order valence-corrected chi connectivity index (χ1v) is 5.79. The Kier molecular flexibility index (Phi) is 6.59. The van der Waals surface area contributed by atoms with Crippen molar-refractivity contribution in [1.82, 2.24) is 10.7 Å². The molecule has 0 amide bonds. The molecule has 0 bridgehead atoms. The van der Waals surface area contributed by atoms with E-state index in [2.05, 4.69) is 22.7 Å². The predicted octanol–water partition coefficient (Wildman–Crippen LogP) is 0.884. The minimum absolute atomic E-state index is 0.566. The molecule has 0 aliphatic carbocycles. The van der Waals surface area contributed by atoms with Crippen molar-refractivity contribution in [3.63, 3.8) is 0 Å². The van der Waals surface area contributed by atoms with E-state index in [0.717, 1.165) is 18.7 Å². The van der Waals surface area contributed by atoms with Crippen LogP contribution in [0.3, 0.4) is 0 Å². The number of hydrogen-bond acceptors (Lipinski definition) is 3. The van der Waals surface area contributed by atoms with Gasteiger partial charge < -0.3 is 10.1 Å². The number of rotatable bonds is 6. The van der Waals surface area contributed by atoms with E-state index in [1.54, 1.807) is 0 Å². The zero-order valence-corrected chi connectivity index (χ0v) is 10.1. The van der Waals surface area contributed by atoms with E-state index < -0.39 is 0 Å². The molecule has 0 unspecified atom stereocenters. The fourth-order valence-corrected chi connectivity index (χ4v) is 1.23. The second kappa shape index (κ2) is 8.41. The average Bonchev–Trinajstić information content (AvgIpc) is 2.39. The van der Waals surface area contributed by atoms with Gasteiger partial charge in [0.15, 0.2) is 0 Å². The van der Waals surface area contributed by atoms with Crippen LogP contribution >= 0.6 is 0 Å². The standard InChI is InChI=1S/C12H20N4O/c1-2-8-14-12(16-13)15-9-10-17-11-6-4-3-5-7-11/h3-7H,2,8-10,13H2,1H3,(H2,14,15,16). The Morgan fingerprint density at radius 2 is 2.12 bits per heavy atom. The van der Waals surface area contributed by atoms with Gasteiger partial charge in [0.2, 0.25) is 5.96 Å². The molecule has 0 aliphatic rings. The lowest BCUT2D eigenvalue weighted by Gasteiger charge is -2.10. The van der Waals surface area contributed by atoms with Crippen molar-refractivity contribution in [2.75, 3.05) is 19.7 Å². The van der Waals surface area contributed by atoms with Crippen molar-refractivity contribution in [3.05, 3.63) is 30.3 Å². The SMILES string of the molecule is CCCN=C(NN)NCCOc1ccccc1. The Balaban J connectivity index is 2.19. The summed E-state index contributed by atoms with van der Waals surface area (Å²) in [5.41, 5.74) is 2.52. The smallest absolute Gasteiger partial charge is 0.205 e. The van der Waals surface area contributed by atoms with Crippen LogP contribution in [0.15, 0.2) is 35.3 Å². The summed E-state index contributed by atoms with van der Waals surface area (Å²) < 4.78 is 5.52. The highest BCUT2D eigenvalue weighted by atomic mass is 16.5. The predicted molar refractivity (Wildman–Crippen MR) is 69.9 cm³/mol. The number of guanidine groups is 1. The van der Waals surface area contributed by atoms with E-state index >= 15 is 0 Å². The van der Waals surface area contributed by atoms with Crippen molar-refractivity contribution in [1.29, 1.82) is 0 Å². The van der Waals surface area contributed by atoms with Crippen LogP contribution in [0.1, 0.15) is 13.3 Å². The number of nitrogens with zero attached hydrogens (tertiary/aromatic N) is 1. The largest absolute Gasteiger partial charge is 0.492 e. The van der Waals surface area contributed by atoms with Crippen molar-refractivity contribution in [2.24, 2.45) is 10.8 Å². The van der Waals surface area contributed by atoms with Gasteiger partial charge in [-0.1, -0.05) is 25.1 Å². The first-order chi connectivity index (χ1) is 8.36. The van der Waals surface area contributed by atoms with Crippen LogP contribution in [0.25, 0.3) is 0 Å². The summed E-state index contributed by atoms with van der Waals surface area (Å²) in [5.74, 6) is 6.79. The van der Waals surface area contributed by atoms with E-state index in [-0.39, 0.29) is 0 Å². The van der Waals surface area contributed by atoms with Gasteiger partial charge in [0.25, 0.3) is 0 Å². The van der Waals surface area contributed by atoms with Gasteiger partial charge in [-0.25, -0.2) is 5.84 Å². The van der Waals surface area contributed by atoms with Gasteiger partial charge in [0, 0.05) is 6.54 Å². The van der Waals surface area contributed by atoms with Crippen molar-refractivity contribution < 1.29 is 4.74 Å². The van der Waals surface area contributed by atoms with Crippen LogP contribution in [0.5, 0.6) is 5.75 Å². The first-order valence-electron chi connectivity index (χ1n) is 5.79. The Hall–Kier alpha value is -1.75. The summed E-state index contributed by atoms with van der Waals surface area (Å²) in [4.78, 5) is 4.22. The topological polar surface area (TPSA) is 71.7 Å². The lowest BCUT2D eigenvalue weighted by Crippen LogP contribution is -2.43. The van der Waals surface area contributed by atoms with Crippen LogP contribution in [-0.2, 0) is 0 Å². The van der Waals surface area contributed by atoms with Crippen LogP contribution in [0.2, 0.25) is 0 Å². The van der Waals surface area contributed by atoms with E-state index in [4.69, 9.17) is 10.6 Å². The lowest BCUT2D eigenvalue weighted by molar-refractivity contribution is 0.322. The molecule has 0 atom stereocenters. The molecular formula is C12H20N4O. The van der Waals surface area contributed by atoms with Crippen LogP contribution in [0, 0.1) is 0 Å². The maximum Gasteiger partial charge on any atom is 0.205 e. The number of hydrazine groups is 1. The van der Waals surface area contributed by atoms with Gasteiger partial charge >= 0.3 is 0 Å². The molecule has 17 heavy (non-hydrogen) atoms. The molecule has 0 fully saturated rings. The summed E-state index contributed by atoms with van der Waals surface area (Å²) in [5, 5.41) is 3.06. The minimum atomic E-state index is 0.566. The van der Waals surface area contributed by atoms with Crippen LogP contribution in [-0.4, -0.2) is 25.7 Å². The normalized spacial score (nSPS) is 11.1. The summed E-state index contributed by atoms with van der Waals surface area (Å²) >= 11 is 0. The molecule has 94 valence electrons. The van der Waals surface area contributed by atoms with Crippen molar-refractivity contribution in [3.8, 4) is 5.75 Å². The summed E-state index contributed by atoms with van der Waals surface area (Å²) in [6, 6.07) is 9.69. The Morgan fingerprint density at radius 1 is 1.35 bits per heavy atom. The third-order valence-electron chi connectivity index (χ3n) is 2.04. The second-order valence-electron chi connectivity index (χ2n) is 3.46. The maximum atomic E-state index is 5.52. The molecule has 4 N–H and O–H groups in total. The minimum Gasteiger partial charge on any atom is -0.492 e. The molecular weight excluding hydrogens is 216 g/mol. The number of ether oxygens (including phenoxy) is 1. The van der Waals surface area contributed by atoms with Crippen LogP contribution in [0.4, 0.5) is 0 Å². The maximum absolute atomic E-state index is 5.52. The molecule has 1 aromatic rings. The van der Waals surface area contributed by atoms with E-state index in [9.17, 15) is 0 Å². The highest BCUT2D eigenvalue weighted by molar-refractivity contribution is 5.79. The van der Waals surface area contributed by atoms with Gasteiger partial charge in [-0.15, -0.1) is 0 Å². The fourth-order valence-electron chi connectivity index (χ4n) is 1.23. The highest BCUT2D eigenvalue weighted by Gasteiger charge is 1.95. The van der Waals surface area contributed by atoms with Gasteiger partial charge in [0.05, 0.1) is 6.54 Å². The zero-order chi connectivity index (χ0) is 12.3. The number of hydrogen-bond donors (Lipinski definition) is 3. The molecule has 0 saturated carbocycles. The quantitative estimate of drug-likeness (QED) is 0.225. The highest BCUT2D eigenvalue weighted by Crippen LogP contribution is 2.07. The third-order valence-corrected chi connectivity index (χ3v) is 2.04. The van der Waals surface area contributed by atoms with Crippen molar-refractivity contribution in [2.45, 2.75) is 13.3 Å². The second-order valence-corrected chi connectivity index (χ2v) is 3.46. The lowest BCUT2D eigenvalue weighted by atomic mass is 10.3. The van der Waals surface area contributed by atoms with Gasteiger partial charge in [-0.05, 0) is 18.6 Å². The third kappa shape index (κ3) is 5.77. The Labute approximate surface area is 102 Å². The van der Waals surface area contributed by atoms with E-state index in [0.29, 0.717) is 19.1 Å². The number of aliphatic imine (C=N–C) groups is 1. The number of benzene rings is 1. The molecule has 0 radical (unpaired) electrons. The van der Waals surface area contributed by atoms with E-state index in [1.807, 2.05) is 30.3 Å². The first kappa shape index (κ1) is 13.3. The summed E-state index contributed by atoms with van der Waals surface area (Å²) in [6.07, 6.45) is 0.993. The Bertz CT molecular complexity index is 327. The average molecular weight is 236 g/mol. The summed E-state index contributed by atoms with van der Waals surface area (Å²) in [6.45, 7) is 4.04. The number of para-hydroxylation sites is 1. The van der Waals surface area contributed by atoms with Gasteiger partial charge in [-0.3, -0.25) is 10.4 Å². The molecule has 0 aliphatic heterocycles. The summed E-state index contributed by atoms with van der Waals surface area (Å²) in [7, 11) is 0. The molecule has 1 rings (SSSR count). The zero-order valence-electron chi connectivity index (χ0n) is 10.1. The molecule has 5 heteroatoms. The van der Waals surface area contributed by atoms with Gasteiger partial charge in [-0.2, -0.15) is 0 Å². The fraction of sp³-hybridized carbons (Fsp3) is 0.417. The molecule has 0 saturated heterocycles. The van der Waals surface area contributed by atoms with E-state index in [1.165, 1.54) is 0 Å². The monoisotopic (exact) mass is 236 g/mol. The van der Waals surface area contributed by atoms with Crippen LogP contribution < -0.4 is 21.3 Å². The molecule has 1 aromatic carbocycles. The molecule has 5 nitrogen and oxygen atoms in total. The Morgan fingerprint density at radius 3 is 2.76 bits per heavy atom. The molecule has 0 spiro atoms.